The molecule has 90 valence electrons. The Morgan fingerprint density at radius 2 is 1.75 bits per heavy atom. The number of alkyl halides is 4. The van der Waals surface area contributed by atoms with Gasteiger partial charge in [0.15, 0.2) is 0 Å². The van der Waals surface area contributed by atoms with Crippen LogP contribution in [0.4, 0.5) is 22.0 Å². The van der Waals surface area contributed by atoms with Crippen LogP contribution in [0.1, 0.15) is 22.4 Å². The summed E-state index contributed by atoms with van der Waals surface area (Å²) in [5, 5.41) is 0. The van der Waals surface area contributed by atoms with Gasteiger partial charge in [-0.15, -0.1) is 0 Å². The Balaban J connectivity index is 3.00. The van der Waals surface area contributed by atoms with Gasteiger partial charge in [-0.1, -0.05) is 15.9 Å². The Labute approximate surface area is 97.6 Å². The monoisotopic (exact) mass is 302 g/mol. The van der Waals surface area contributed by atoms with E-state index in [0.29, 0.717) is 0 Å². The molecule has 0 heterocycles. The summed E-state index contributed by atoms with van der Waals surface area (Å²) in [5.41, 5.74) is -0.256. The molecule has 1 rings (SSSR count). The number of benzene rings is 1. The standard InChI is InChI=1S/C10H8BrF5/c1-5-2-9(13)6(3-8(5)12)7(11)4-10(14,15)16/h2-3,7H,4H2,1H3. The van der Waals surface area contributed by atoms with Crippen LogP contribution in [0.3, 0.4) is 0 Å². The predicted molar refractivity (Wildman–Crippen MR) is 53.4 cm³/mol. The molecule has 0 nitrogen and oxygen atoms in total. The van der Waals surface area contributed by atoms with Crippen molar-refractivity contribution < 1.29 is 22.0 Å². The lowest BCUT2D eigenvalue weighted by Gasteiger charge is -2.14. The fourth-order valence-corrected chi connectivity index (χ4v) is 1.93. The second-order valence-corrected chi connectivity index (χ2v) is 4.52. The smallest absolute Gasteiger partial charge is 0.207 e. The highest BCUT2D eigenvalue weighted by molar-refractivity contribution is 9.09. The fourth-order valence-electron chi connectivity index (χ4n) is 1.21. The largest absolute Gasteiger partial charge is 0.390 e. The molecule has 0 spiro atoms. The van der Waals surface area contributed by atoms with Crippen LogP contribution in [0, 0.1) is 18.6 Å². The molecule has 1 atom stereocenters. The number of rotatable bonds is 2. The minimum atomic E-state index is -4.43. The minimum Gasteiger partial charge on any atom is -0.207 e. The molecule has 0 bridgehead atoms. The van der Waals surface area contributed by atoms with Crippen LogP contribution in [-0.4, -0.2) is 6.18 Å². The maximum absolute atomic E-state index is 13.3. The molecule has 1 aromatic carbocycles. The molecule has 16 heavy (non-hydrogen) atoms. The molecule has 0 fully saturated rings. The van der Waals surface area contributed by atoms with Crippen molar-refractivity contribution >= 4 is 15.9 Å². The Hall–Kier alpha value is -0.650. The average molecular weight is 303 g/mol. The number of aryl methyl sites for hydroxylation is 1. The normalized spacial score (nSPS) is 13.9. The van der Waals surface area contributed by atoms with Gasteiger partial charge in [0, 0.05) is 5.56 Å². The van der Waals surface area contributed by atoms with Crippen LogP contribution in [0.25, 0.3) is 0 Å². The predicted octanol–water partition coefficient (Wildman–Crippen LogP) is 4.66. The van der Waals surface area contributed by atoms with Crippen molar-refractivity contribution in [3.05, 3.63) is 34.9 Å². The number of hydrogen-bond acceptors (Lipinski definition) is 0. The van der Waals surface area contributed by atoms with Gasteiger partial charge in [0.05, 0.1) is 11.2 Å². The first-order valence-electron chi connectivity index (χ1n) is 4.37. The zero-order chi connectivity index (χ0) is 12.5. The first-order valence-corrected chi connectivity index (χ1v) is 5.28. The van der Waals surface area contributed by atoms with Crippen LogP contribution in [0.15, 0.2) is 12.1 Å². The highest BCUT2D eigenvalue weighted by atomic mass is 79.9. The summed E-state index contributed by atoms with van der Waals surface area (Å²) in [5.74, 6) is -1.56. The molecular formula is C10H8BrF5. The molecule has 1 unspecified atom stereocenters. The quantitative estimate of drug-likeness (QED) is 0.550. The topological polar surface area (TPSA) is 0 Å². The van der Waals surface area contributed by atoms with E-state index in [1.807, 2.05) is 0 Å². The van der Waals surface area contributed by atoms with E-state index in [1.54, 1.807) is 0 Å². The summed E-state index contributed by atoms with van der Waals surface area (Å²) in [4.78, 5) is -1.28. The van der Waals surface area contributed by atoms with Gasteiger partial charge in [-0.2, -0.15) is 13.2 Å². The van der Waals surface area contributed by atoms with Gasteiger partial charge in [0.2, 0.25) is 0 Å². The molecular weight excluding hydrogens is 295 g/mol. The summed E-state index contributed by atoms with van der Waals surface area (Å²) in [7, 11) is 0. The molecule has 0 amide bonds. The van der Waals surface area contributed by atoms with Crippen molar-refractivity contribution in [1.82, 2.24) is 0 Å². The zero-order valence-electron chi connectivity index (χ0n) is 8.21. The van der Waals surface area contributed by atoms with Gasteiger partial charge in [-0.05, 0) is 24.6 Å². The van der Waals surface area contributed by atoms with Gasteiger partial charge in [-0.3, -0.25) is 0 Å². The Kier molecular flexibility index (Phi) is 3.93. The Morgan fingerprint density at radius 1 is 1.19 bits per heavy atom. The molecule has 1 aromatic rings. The molecule has 0 saturated carbocycles. The van der Waals surface area contributed by atoms with Gasteiger partial charge < -0.3 is 0 Å². The second kappa shape index (κ2) is 4.69. The SMILES string of the molecule is Cc1cc(F)c(C(Br)CC(F)(F)F)cc1F. The lowest BCUT2D eigenvalue weighted by atomic mass is 10.1. The molecule has 0 saturated heterocycles. The third-order valence-electron chi connectivity index (χ3n) is 2.03. The highest BCUT2D eigenvalue weighted by Gasteiger charge is 2.32. The van der Waals surface area contributed by atoms with Crippen LogP contribution in [-0.2, 0) is 0 Å². The molecule has 0 aliphatic rings. The number of hydrogen-bond donors (Lipinski definition) is 0. The second-order valence-electron chi connectivity index (χ2n) is 3.41. The van der Waals surface area contributed by atoms with E-state index in [-0.39, 0.29) is 11.1 Å². The summed E-state index contributed by atoms with van der Waals surface area (Å²) in [6.45, 7) is 1.34. The van der Waals surface area contributed by atoms with Gasteiger partial charge >= 0.3 is 6.18 Å². The molecule has 6 heteroatoms. The first-order chi connectivity index (χ1) is 7.20. The van der Waals surface area contributed by atoms with Gasteiger partial charge in [0.25, 0.3) is 0 Å². The Morgan fingerprint density at radius 3 is 2.25 bits per heavy atom. The zero-order valence-corrected chi connectivity index (χ0v) is 9.79. The van der Waals surface area contributed by atoms with Gasteiger partial charge in [0.1, 0.15) is 11.6 Å². The lowest BCUT2D eigenvalue weighted by molar-refractivity contribution is -0.134. The number of halogens is 6. The average Bonchev–Trinajstić information content (AvgIpc) is 2.08. The Bertz CT molecular complexity index is 386. The summed E-state index contributed by atoms with van der Waals surface area (Å²) >= 11 is 2.70. The van der Waals surface area contributed by atoms with E-state index in [0.717, 1.165) is 12.1 Å². The van der Waals surface area contributed by atoms with Crippen LogP contribution < -0.4 is 0 Å². The molecule has 0 aliphatic carbocycles. The summed E-state index contributed by atoms with van der Waals surface area (Å²) < 4.78 is 62.5. The van der Waals surface area contributed by atoms with Crippen molar-refractivity contribution in [1.29, 1.82) is 0 Å². The van der Waals surface area contributed by atoms with Crippen LogP contribution in [0.5, 0.6) is 0 Å². The van der Waals surface area contributed by atoms with E-state index in [1.165, 1.54) is 6.92 Å². The molecule has 0 aromatic heterocycles. The summed E-state index contributed by atoms with van der Waals surface area (Å²) in [6.07, 6.45) is -5.67. The third kappa shape index (κ3) is 3.43. The van der Waals surface area contributed by atoms with Crippen molar-refractivity contribution in [3.63, 3.8) is 0 Å². The van der Waals surface area contributed by atoms with E-state index < -0.39 is 29.1 Å². The fraction of sp³-hybridized carbons (Fsp3) is 0.400. The first kappa shape index (κ1) is 13.4. The van der Waals surface area contributed by atoms with Crippen LogP contribution >= 0.6 is 15.9 Å². The van der Waals surface area contributed by atoms with E-state index in [4.69, 9.17) is 0 Å². The van der Waals surface area contributed by atoms with Crippen molar-refractivity contribution in [3.8, 4) is 0 Å². The van der Waals surface area contributed by atoms with E-state index in [2.05, 4.69) is 15.9 Å². The van der Waals surface area contributed by atoms with Gasteiger partial charge in [-0.25, -0.2) is 8.78 Å². The van der Waals surface area contributed by atoms with E-state index >= 15 is 0 Å². The van der Waals surface area contributed by atoms with E-state index in [9.17, 15) is 22.0 Å². The maximum Gasteiger partial charge on any atom is 0.390 e. The lowest BCUT2D eigenvalue weighted by Crippen LogP contribution is -2.11. The van der Waals surface area contributed by atoms with Crippen molar-refractivity contribution in [2.24, 2.45) is 0 Å². The molecule has 0 radical (unpaired) electrons. The summed E-state index contributed by atoms with van der Waals surface area (Å²) in [6, 6.07) is 1.67. The highest BCUT2D eigenvalue weighted by Crippen LogP contribution is 2.37. The van der Waals surface area contributed by atoms with Crippen molar-refractivity contribution in [2.75, 3.05) is 0 Å². The van der Waals surface area contributed by atoms with Crippen LogP contribution in [0.2, 0.25) is 0 Å². The molecule has 0 N–H and O–H groups in total. The minimum absolute atomic E-state index is 0.0629. The van der Waals surface area contributed by atoms with Crippen molar-refractivity contribution in [2.45, 2.75) is 24.3 Å². The molecule has 0 aliphatic heterocycles. The maximum atomic E-state index is 13.3. The third-order valence-corrected chi connectivity index (χ3v) is 2.84.